The van der Waals surface area contributed by atoms with Crippen LogP contribution in [0.2, 0.25) is 0 Å². The van der Waals surface area contributed by atoms with Crippen molar-refractivity contribution in [3.63, 3.8) is 0 Å². The molecule has 0 aliphatic carbocycles. The van der Waals surface area contributed by atoms with Crippen LogP contribution in [0.5, 0.6) is 0 Å². The van der Waals surface area contributed by atoms with Gasteiger partial charge in [-0.1, -0.05) is 82.5 Å². The quantitative estimate of drug-likeness (QED) is 0.139. The van der Waals surface area contributed by atoms with Crippen molar-refractivity contribution in [2.24, 2.45) is 0 Å². The van der Waals surface area contributed by atoms with Crippen molar-refractivity contribution in [3.05, 3.63) is 70.8 Å². The standard InChI is InChI=1S/C10H11BrO.C10H12O.C4H8O2.2BrH.Cu/c1-7-3-5-9(6-4-7)10(12)8(2)11;1-3-10(11)9-6-4-8(2)5-7-9;1-3-6-4(2)5;;;/h3-6,8H,1-2H3;4-7H,3H2,1-2H3;3H2,1-2H3;2*1H;/q;;;;;+2/p-2. The van der Waals surface area contributed by atoms with Crippen LogP contribution in [0.15, 0.2) is 48.5 Å². The molecule has 0 saturated heterocycles. The average Bonchev–Trinajstić information content (AvgIpc) is 2.75. The summed E-state index contributed by atoms with van der Waals surface area (Å²) in [5.41, 5.74) is 3.95. The Kier molecular flexibility index (Phi) is 21.7. The van der Waals surface area contributed by atoms with Gasteiger partial charge in [0, 0.05) is 24.5 Å². The SMILES string of the molecule is CCC(=O)c1ccc(C)cc1.CCOC(C)=O.Cc1ccc(C(=O)C(C)Br)cc1.[Br][Cu][Br]. The van der Waals surface area contributed by atoms with Crippen LogP contribution in [0.4, 0.5) is 0 Å². The Morgan fingerprint density at radius 3 is 1.50 bits per heavy atom. The summed E-state index contributed by atoms with van der Waals surface area (Å²) in [5, 5.41) is 0. The molecular weight excluding hydrogens is 656 g/mol. The Labute approximate surface area is 220 Å². The van der Waals surface area contributed by atoms with Gasteiger partial charge in [0.05, 0.1) is 11.4 Å². The van der Waals surface area contributed by atoms with Gasteiger partial charge < -0.3 is 4.74 Å². The van der Waals surface area contributed by atoms with Gasteiger partial charge >= 0.3 is 45.5 Å². The van der Waals surface area contributed by atoms with Crippen molar-refractivity contribution in [3.8, 4) is 0 Å². The molecule has 32 heavy (non-hydrogen) atoms. The maximum absolute atomic E-state index is 11.4. The topological polar surface area (TPSA) is 60.4 Å². The summed E-state index contributed by atoms with van der Waals surface area (Å²) in [6.07, 6.45) is 0.586. The Morgan fingerprint density at radius 2 is 1.25 bits per heavy atom. The van der Waals surface area contributed by atoms with Crippen molar-refractivity contribution in [1.82, 2.24) is 0 Å². The van der Waals surface area contributed by atoms with Gasteiger partial charge in [-0.15, -0.1) is 0 Å². The molecule has 1 unspecified atom stereocenters. The second-order valence-corrected chi connectivity index (χ2v) is 12.6. The van der Waals surface area contributed by atoms with Gasteiger partial charge in [-0.25, -0.2) is 0 Å². The molecule has 2 rings (SSSR count). The summed E-state index contributed by atoms with van der Waals surface area (Å²) >= 11 is 10.6. The number of esters is 1. The van der Waals surface area contributed by atoms with Gasteiger partial charge in [-0.2, -0.15) is 0 Å². The van der Waals surface area contributed by atoms with Crippen LogP contribution in [0.25, 0.3) is 0 Å². The molecule has 0 radical (unpaired) electrons. The monoisotopic (exact) mass is 683 g/mol. The van der Waals surface area contributed by atoms with Crippen molar-refractivity contribution in [2.45, 2.75) is 52.8 Å². The summed E-state index contributed by atoms with van der Waals surface area (Å²) in [5.74, 6) is 0.137. The fourth-order valence-corrected chi connectivity index (χ4v) is 2.36. The number of alkyl halides is 1. The molecule has 0 fully saturated rings. The molecule has 0 aliphatic heterocycles. The second kappa shape index (κ2) is 20.8. The molecule has 0 N–H and O–H groups in total. The van der Waals surface area contributed by atoms with E-state index in [4.69, 9.17) is 0 Å². The zero-order valence-corrected chi connectivity index (χ0v) is 24.9. The first-order chi connectivity index (χ1) is 15.0. The van der Waals surface area contributed by atoms with Crippen molar-refractivity contribution < 1.29 is 30.5 Å². The molecule has 1 atom stereocenters. The number of aryl methyl sites for hydroxylation is 2. The normalized spacial score (nSPS) is 10.2. The minimum absolute atomic E-state index is 0.0970. The predicted molar refractivity (Wildman–Crippen MR) is 140 cm³/mol. The molecule has 0 bridgehead atoms. The van der Waals surface area contributed by atoms with Crippen LogP contribution in [0, 0.1) is 13.8 Å². The molecule has 0 amide bonds. The molecule has 183 valence electrons. The van der Waals surface area contributed by atoms with Crippen molar-refractivity contribution >= 4 is 61.7 Å². The molecular formula is C24H31Br3CuO4. The first-order valence-electron chi connectivity index (χ1n) is 9.83. The zero-order valence-electron chi connectivity index (χ0n) is 19.2. The number of carbonyl (C=O) groups is 3. The molecule has 8 heteroatoms. The van der Waals surface area contributed by atoms with Crippen LogP contribution in [0.3, 0.4) is 0 Å². The summed E-state index contributed by atoms with van der Waals surface area (Å²) < 4.78 is 4.40. The van der Waals surface area contributed by atoms with E-state index in [-0.39, 0.29) is 22.4 Å². The molecule has 2 aromatic rings. The molecule has 0 aromatic heterocycles. The Bertz CT molecular complexity index is 792. The number of rotatable bonds is 5. The Balaban J connectivity index is 0. The molecule has 0 spiro atoms. The van der Waals surface area contributed by atoms with E-state index in [1.165, 1.54) is 29.4 Å². The number of ether oxygens (including phenoxy) is 1. The first kappa shape index (κ1) is 33.4. The minimum atomic E-state index is -0.211. The molecule has 0 aliphatic rings. The summed E-state index contributed by atoms with van der Waals surface area (Å²) in [4.78, 5) is 32.3. The number of carbonyl (C=O) groups excluding carboxylic acids is 3. The van der Waals surface area contributed by atoms with Crippen LogP contribution >= 0.6 is 44.2 Å². The van der Waals surface area contributed by atoms with Crippen LogP contribution in [-0.4, -0.2) is 29.0 Å². The first-order valence-corrected chi connectivity index (χ1v) is 15.4. The Morgan fingerprint density at radius 1 is 0.875 bits per heavy atom. The van der Waals surface area contributed by atoms with Gasteiger partial charge in [0.2, 0.25) is 0 Å². The third-order valence-corrected chi connectivity index (χ3v) is 4.16. The summed E-state index contributed by atoms with van der Waals surface area (Å²) in [7, 11) is 0. The van der Waals surface area contributed by atoms with E-state index in [0.29, 0.717) is 13.0 Å². The predicted octanol–water partition coefficient (Wildman–Crippen LogP) is 7.81. The average molecular weight is 687 g/mol. The van der Waals surface area contributed by atoms with Gasteiger partial charge in [0.15, 0.2) is 11.6 Å². The van der Waals surface area contributed by atoms with E-state index in [0.717, 1.165) is 11.1 Å². The maximum atomic E-state index is 11.4. The number of halogens is 3. The van der Waals surface area contributed by atoms with E-state index in [1.807, 2.05) is 76.2 Å². The second-order valence-electron chi connectivity index (χ2n) is 6.46. The fourth-order valence-electron chi connectivity index (χ4n) is 2.09. The third-order valence-electron chi connectivity index (χ3n) is 3.74. The molecule has 4 nitrogen and oxygen atoms in total. The number of hydrogen-bond acceptors (Lipinski definition) is 4. The van der Waals surface area contributed by atoms with Gasteiger partial charge in [0.25, 0.3) is 0 Å². The van der Waals surface area contributed by atoms with Crippen molar-refractivity contribution in [2.75, 3.05) is 6.61 Å². The van der Waals surface area contributed by atoms with E-state index in [2.05, 4.69) is 48.9 Å². The molecule has 0 heterocycles. The summed E-state index contributed by atoms with van der Waals surface area (Å²) in [6, 6.07) is 15.3. The number of hydrogen-bond donors (Lipinski definition) is 0. The van der Waals surface area contributed by atoms with Gasteiger partial charge in [-0.3, -0.25) is 14.4 Å². The molecule has 0 saturated carbocycles. The van der Waals surface area contributed by atoms with E-state index in [9.17, 15) is 14.4 Å². The van der Waals surface area contributed by atoms with Crippen LogP contribution < -0.4 is 0 Å². The van der Waals surface area contributed by atoms with Crippen molar-refractivity contribution in [1.29, 1.82) is 0 Å². The zero-order chi connectivity index (χ0) is 25.1. The van der Waals surface area contributed by atoms with Crippen LogP contribution in [-0.2, 0) is 20.9 Å². The van der Waals surface area contributed by atoms with Crippen LogP contribution in [0.1, 0.15) is 66.0 Å². The van der Waals surface area contributed by atoms with E-state index in [1.54, 1.807) is 6.92 Å². The number of benzene rings is 2. The molecule has 2 aromatic carbocycles. The van der Waals surface area contributed by atoms with Gasteiger partial charge in [-0.05, 0) is 27.7 Å². The summed E-state index contributed by atoms with van der Waals surface area (Å²) in [6.45, 7) is 11.4. The third kappa shape index (κ3) is 17.7. The number of ketones is 2. The van der Waals surface area contributed by atoms with Gasteiger partial charge in [0.1, 0.15) is 0 Å². The fraction of sp³-hybridized carbons (Fsp3) is 0.375. The Hall–Kier alpha value is -0.791. The van der Waals surface area contributed by atoms with E-state index < -0.39 is 0 Å². The van der Waals surface area contributed by atoms with E-state index >= 15 is 0 Å². The number of Topliss-reactive ketones (excluding diaryl/α,β-unsaturated/α-hetero) is 2.